The molecule has 1 aliphatic rings. The summed E-state index contributed by atoms with van der Waals surface area (Å²) in [6.45, 7) is 0. The van der Waals surface area contributed by atoms with E-state index >= 15 is 0 Å². The van der Waals surface area contributed by atoms with Gasteiger partial charge in [-0.2, -0.15) is 0 Å². The summed E-state index contributed by atoms with van der Waals surface area (Å²) in [4.78, 5) is 19.2. The molecule has 0 spiro atoms. The van der Waals surface area contributed by atoms with Gasteiger partial charge in [0, 0.05) is 18.1 Å². The van der Waals surface area contributed by atoms with Crippen LogP contribution >= 0.6 is 0 Å². The van der Waals surface area contributed by atoms with Crippen molar-refractivity contribution in [3.63, 3.8) is 0 Å². The van der Waals surface area contributed by atoms with Crippen LogP contribution in [0.1, 0.15) is 6.42 Å². The molecule has 1 atom stereocenters. The average molecular weight is 234 g/mol. The molecule has 88 valence electrons. The van der Waals surface area contributed by atoms with E-state index in [4.69, 9.17) is 0 Å². The number of rotatable bonds is 2. The first-order valence-electron chi connectivity index (χ1n) is 4.91. The first-order chi connectivity index (χ1) is 8.18. The van der Waals surface area contributed by atoms with Gasteiger partial charge >= 0.3 is 0 Å². The second kappa shape index (κ2) is 4.71. The Kier molecular flexibility index (Phi) is 3.10. The second-order valence-corrected chi connectivity index (χ2v) is 3.44. The van der Waals surface area contributed by atoms with Crippen LogP contribution in [0.25, 0.3) is 0 Å². The maximum atomic E-state index is 10.6. The summed E-state index contributed by atoms with van der Waals surface area (Å²) in [5.41, 5.74) is 0.555. The predicted octanol–water partition coefficient (Wildman–Crippen LogP) is 0.756. The Morgan fingerprint density at radius 1 is 1.47 bits per heavy atom. The first-order valence-corrected chi connectivity index (χ1v) is 4.91. The van der Waals surface area contributed by atoms with Gasteiger partial charge in [0.15, 0.2) is 0 Å². The molecule has 1 N–H and O–H groups in total. The number of pyridine rings is 1. The van der Waals surface area contributed by atoms with Crippen LogP contribution in [-0.4, -0.2) is 27.6 Å². The summed E-state index contributed by atoms with van der Waals surface area (Å²) in [6, 6.07) is 3.37. The van der Waals surface area contributed by atoms with Crippen molar-refractivity contribution in [2.45, 2.75) is 12.6 Å². The molecular weight excluding hydrogens is 224 g/mol. The molecule has 0 bridgehead atoms. The minimum absolute atomic E-state index is 0.0880. The maximum Gasteiger partial charge on any atom is 0.268 e. The molecule has 2 heterocycles. The quantitative estimate of drug-likeness (QED) is 0.602. The van der Waals surface area contributed by atoms with Gasteiger partial charge in [-0.25, -0.2) is 4.99 Å². The van der Waals surface area contributed by atoms with Crippen LogP contribution in [0.3, 0.4) is 0 Å². The van der Waals surface area contributed by atoms with Crippen molar-refractivity contribution >= 4 is 12.0 Å². The smallest absolute Gasteiger partial charge is 0.268 e. The SMILES string of the molecule is O=[N+]([O-])C1=CN=CN(c2ccncc2)C(O)C1. The number of nitrogens with zero attached hydrogens (tertiary/aromatic N) is 4. The van der Waals surface area contributed by atoms with E-state index in [-0.39, 0.29) is 12.1 Å². The maximum absolute atomic E-state index is 10.6. The van der Waals surface area contributed by atoms with Gasteiger partial charge in [-0.05, 0) is 12.1 Å². The number of aliphatic imine (C=N–C) groups is 1. The van der Waals surface area contributed by atoms with Crippen LogP contribution in [0.15, 0.2) is 41.4 Å². The van der Waals surface area contributed by atoms with E-state index in [0.717, 1.165) is 6.20 Å². The minimum atomic E-state index is -1.01. The summed E-state index contributed by atoms with van der Waals surface area (Å²) in [6.07, 6.45) is 4.54. The minimum Gasteiger partial charge on any atom is -0.373 e. The molecule has 0 aliphatic carbocycles. The number of hydrogen-bond donors (Lipinski definition) is 1. The molecule has 0 fully saturated rings. The highest BCUT2D eigenvalue weighted by molar-refractivity contribution is 5.80. The molecule has 1 unspecified atom stereocenters. The van der Waals surface area contributed by atoms with Gasteiger partial charge in [0.1, 0.15) is 12.4 Å². The van der Waals surface area contributed by atoms with E-state index in [0.29, 0.717) is 5.69 Å². The highest BCUT2D eigenvalue weighted by Crippen LogP contribution is 2.19. The summed E-state index contributed by atoms with van der Waals surface area (Å²) >= 11 is 0. The zero-order valence-electron chi connectivity index (χ0n) is 8.80. The largest absolute Gasteiger partial charge is 0.373 e. The lowest BCUT2D eigenvalue weighted by Crippen LogP contribution is -2.34. The van der Waals surface area contributed by atoms with E-state index in [1.807, 2.05) is 0 Å². The summed E-state index contributed by atoms with van der Waals surface area (Å²) in [7, 11) is 0. The highest BCUT2D eigenvalue weighted by Gasteiger charge is 2.24. The summed E-state index contributed by atoms with van der Waals surface area (Å²) < 4.78 is 0. The fraction of sp³-hybridized carbons (Fsp3) is 0.200. The van der Waals surface area contributed by atoms with Gasteiger partial charge < -0.3 is 10.0 Å². The van der Waals surface area contributed by atoms with Crippen LogP contribution in [0, 0.1) is 10.1 Å². The van der Waals surface area contributed by atoms with E-state index in [1.165, 1.54) is 11.2 Å². The number of nitro groups is 1. The lowest BCUT2D eigenvalue weighted by atomic mass is 10.2. The normalized spacial score (nSPS) is 19.7. The average Bonchev–Trinajstić information content (AvgIpc) is 2.52. The number of anilines is 1. The highest BCUT2D eigenvalue weighted by atomic mass is 16.6. The molecule has 1 aromatic heterocycles. The van der Waals surface area contributed by atoms with Crippen molar-refractivity contribution in [1.29, 1.82) is 0 Å². The lowest BCUT2D eigenvalue weighted by molar-refractivity contribution is -0.429. The molecule has 1 aliphatic heterocycles. The number of aromatic nitrogens is 1. The van der Waals surface area contributed by atoms with Gasteiger partial charge in [-0.15, -0.1) is 0 Å². The topological polar surface area (TPSA) is 91.9 Å². The van der Waals surface area contributed by atoms with Crippen LogP contribution in [0.5, 0.6) is 0 Å². The third kappa shape index (κ3) is 2.45. The van der Waals surface area contributed by atoms with Crippen molar-refractivity contribution in [2.75, 3.05) is 4.90 Å². The van der Waals surface area contributed by atoms with Gasteiger partial charge in [-0.3, -0.25) is 15.1 Å². The molecule has 0 saturated carbocycles. The van der Waals surface area contributed by atoms with Crippen molar-refractivity contribution in [3.05, 3.63) is 46.5 Å². The number of aliphatic hydroxyl groups is 1. The van der Waals surface area contributed by atoms with Crippen LogP contribution in [0.4, 0.5) is 5.69 Å². The van der Waals surface area contributed by atoms with E-state index in [9.17, 15) is 15.2 Å². The molecule has 0 aromatic carbocycles. The van der Waals surface area contributed by atoms with Gasteiger partial charge in [0.05, 0.1) is 17.7 Å². The Balaban J connectivity index is 2.22. The van der Waals surface area contributed by atoms with Crippen molar-refractivity contribution in [3.8, 4) is 0 Å². The monoisotopic (exact) mass is 234 g/mol. The number of aliphatic hydroxyl groups excluding tert-OH is 1. The number of hydrogen-bond acceptors (Lipinski definition) is 6. The lowest BCUT2D eigenvalue weighted by Gasteiger charge is -2.23. The Hall–Kier alpha value is -2.28. The second-order valence-electron chi connectivity index (χ2n) is 3.44. The third-order valence-electron chi connectivity index (χ3n) is 2.32. The van der Waals surface area contributed by atoms with Gasteiger partial charge in [-0.1, -0.05) is 0 Å². The van der Waals surface area contributed by atoms with Gasteiger partial charge in [0.2, 0.25) is 0 Å². The van der Waals surface area contributed by atoms with Crippen LogP contribution in [0.2, 0.25) is 0 Å². The Labute approximate surface area is 96.9 Å². The fourth-order valence-electron chi connectivity index (χ4n) is 1.48. The fourth-order valence-corrected chi connectivity index (χ4v) is 1.48. The van der Waals surface area contributed by atoms with Crippen LogP contribution in [-0.2, 0) is 0 Å². The van der Waals surface area contributed by atoms with Crippen molar-refractivity contribution in [2.24, 2.45) is 4.99 Å². The third-order valence-corrected chi connectivity index (χ3v) is 2.32. The molecule has 0 amide bonds. The molecular formula is C10H10N4O3. The molecule has 0 saturated heterocycles. The van der Waals surface area contributed by atoms with Gasteiger partial charge in [0.25, 0.3) is 5.70 Å². The molecule has 7 nitrogen and oxygen atoms in total. The molecule has 0 radical (unpaired) electrons. The Morgan fingerprint density at radius 2 is 2.18 bits per heavy atom. The zero-order valence-corrected chi connectivity index (χ0v) is 8.80. The summed E-state index contributed by atoms with van der Waals surface area (Å²) in [5.74, 6) is 0. The standard InChI is InChI=1S/C10H10N4O3/c15-10-5-9(14(16)17)6-12-7-13(10)8-1-3-11-4-2-8/h1-4,6-7,10,15H,5H2. The van der Waals surface area contributed by atoms with E-state index in [2.05, 4.69) is 9.98 Å². The van der Waals surface area contributed by atoms with E-state index in [1.54, 1.807) is 24.5 Å². The first kappa shape index (κ1) is 11.2. The Morgan fingerprint density at radius 3 is 2.82 bits per heavy atom. The molecule has 17 heavy (non-hydrogen) atoms. The van der Waals surface area contributed by atoms with Crippen LogP contribution < -0.4 is 4.90 Å². The molecule has 2 rings (SSSR count). The predicted molar refractivity (Wildman–Crippen MR) is 60.9 cm³/mol. The molecule has 1 aromatic rings. The van der Waals surface area contributed by atoms with Crippen molar-refractivity contribution in [1.82, 2.24) is 4.98 Å². The van der Waals surface area contributed by atoms with E-state index < -0.39 is 11.2 Å². The van der Waals surface area contributed by atoms with Crippen molar-refractivity contribution < 1.29 is 10.0 Å². The zero-order chi connectivity index (χ0) is 12.3. The Bertz CT molecular complexity index is 472. The summed E-state index contributed by atoms with van der Waals surface area (Å²) in [5, 5.41) is 20.5. The molecule has 7 heteroatoms.